The molecular weight excluding hydrogens is 322 g/mol. The van der Waals surface area contributed by atoms with E-state index in [1.54, 1.807) is 30.3 Å². The smallest absolute Gasteiger partial charge is 0.293 e. The number of thioether (sulfide) groups is 1. The summed E-state index contributed by atoms with van der Waals surface area (Å²) in [7, 11) is 0. The lowest BCUT2D eigenvalue weighted by atomic mass is 10.1. The molecule has 0 aliphatic carbocycles. The first-order valence-electron chi connectivity index (χ1n) is 7.52. The van der Waals surface area contributed by atoms with E-state index in [2.05, 4.69) is 6.07 Å². The molecule has 0 bridgehead atoms. The fourth-order valence-electron chi connectivity index (χ4n) is 2.55. The normalized spacial score (nSPS) is 16.0. The predicted octanol–water partition coefficient (Wildman–Crippen LogP) is 3.62. The lowest BCUT2D eigenvalue weighted by molar-refractivity contribution is -0.123. The second-order valence-corrected chi connectivity index (χ2v) is 6.25. The van der Waals surface area contributed by atoms with Crippen LogP contribution in [0.2, 0.25) is 0 Å². The van der Waals surface area contributed by atoms with Crippen LogP contribution in [0.5, 0.6) is 0 Å². The average Bonchev–Trinajstić information content (AvgIpc) is 3.15. The molecule has 0 saturated carbocycles. The Morgan fingerprint density at radius 2 is 2.00 bits per heavy atom. The highest BCUT2D eigenvalue weighted by molar-refractivity contribution is 8.18. The van der Waals surface area contributed by atoms with Crippen molar-refractivity contribution in [1.82, 2.24) is 9.47 Å². The van der Waals surface area contributed by atoms with Crippen LogP contribution in [0.1, 0.15) is 23.7 Å². The molecule has 1 saturated heterocycles. The largest absolute Gasteiger partial charge is 0.348 e. The van der Waals surface area contributed by atoms with Gasteiger partial charge in [-0.25, -0.2) is 0 Å². The first kappa shape index (κ1) is 16.1. The Morgan fingerprint density at radius 3 is 2.75 bits per heavy atom. The molecule has 0 N–H and O–H groups in total. The number of benzene rings is 1. The minimum atomic E-state index is -0.318. The summed E-state index contributed by atoms with van der Waals surface area (Å²) in [6, 6.07) is 12.9. The molecule has 5 nitrogen and oxygen atoms in total. The summed E-state index contributed by atoms with van der Waals surface area (Å²) in [6.45, 7) is 2.92. The molecule has 1 aromatic carbocycles. The maximum Gasteiger partial charge on any atom is 0.293 e. The Bertz CT molecular complexity index is 876. The number of nitriles is 1. The molecule has 6 heteroatoms. The number of hydrogen-bond acceptors (Lipinski definition) is 4. The monoisotopic (exact) mass is 337 g/mol. The molecule has 0 radical (unpaired) electrons. The Morgan fingerprint density at radius 1 is 1.21 bits per heavy atom. The average molecular weight is 337 g/mol. The van der Waals surface area contributed by atoms with E-state index in [1.807, 2.05) is 29.8 Å². The summed E-state index contributed by atoms with van der Waals surface area (Å²) < 4.78 is 2.00. The van der Waals surface area contributed by atoms with Gasteiger partial charge in [-0.2, -0.15) is 5.26 Å². The van der Waals surface area contributed by atoms with Crippen LogP contribution < -0.4 is 0 Å². The van der Waals surface area contributed by atoms with Crippen molar-refractivity contribution in [3.05, 3.63) is 64.3 Å². The molecular formula is C18H15N3O2S. The molecule has 1 aromatic heterocycles. The van der Waals surface area contributed by atoms with Crippen LogP contribution in [0.25, 0.3) is 6.08 Å². The van der Waals surface area contributed by atoms with Crippen molar-refractivity contribution in [2.75, 3.05) is 0 Å². The molecule has 3 rings (SSSR count). The summed E-state index contributed by atoms with van der Waals surface area (Å²) >= 11 is 0.934. The summed E-state index contributed by atoms with van der Waals surface area (Å²) in [5.41, 5.74) is 2.03. The van der Waals surface area contributed by atoms with Gasteiger partial charge in [0.05, 0.1) is 23.1 Å². The van der Waals surface area contributed by atoms with Crippen molar-refractivity contribution >= 4 is 29.0 Å². The second kappa shape index (κ2) is 6.77. The number of nitrogens with zero attached hydrogens (tertiary/aromatic N) is 3. The van der Waals surface area contributed by atoms with Crippen molar-refractivity contribution in [2.24, 2.45) is 0 Å². The number of carbonyl (C=O) groups is 2. The van der Waals surface area contributed by atoms with Gasteiger partial charge >= 0.3 is 0 Å². The van der Waals surface area contributed by atoms with Crippen molar-refractivity contribution in [3.8, 4) is 6.07 Å². The highest BCUT2D eigenvalue weighted by Gasteiger charge is 2.35. The van der Waals surface area contributed by atoms with Gasteiger partial charge < -0.3 is 4.57 Å². The van der Waals surface area contributed by atoms with Crippen LogP contribution in [0, 0.1) is 11.3 Å². The van der Waals surface area contributed by atoms with Crippen LogP contribution in [0.3, 0.4) is 0 Å². The Kier molecular flexibility index (Phi) is 4.54. The molecule has 24 heavy (non-hydrogen) atoms. The Hall–Kier alpha value is -2.78. The Balaban J connectivity index is 1.86. The zero-order chi connectivity index (χ0) is 17.1. The van der Waals surface area contributed by atoms with E-state index in [0.717, 1.165) is 24.0 Å². The van der Waals surface area contributed by atoms with Crippen molar-refractivity contribution in [1.29, 1.82) is 5.26 Å². The molecule has 2 aromatic rings. The molecule has 0 unspecified atom stereocenters. The predicted molar refractivity (Wildman–Crippen MR) is 92.8 cm³/mol. The van der Waals surface area contributed by atoms with Gasteiger partial charge in [-0.05, 0) is 48.5 Å². The van der Waals surface area contributed by atoms with Crippen molar-refractivity contribution in [2.45, 2.75) is 20.0 Å². The lowest BCUT2D eigenvalue weighted by Gasteiger charge is -2.13. The van der Waals surface area contributed by atoms with Crippen LogP contribution >= 0.6 is 11.8 Å². The highest BCUT2D eigenvalue weighted by atomic mass is 32.2. The summed E-state index contributed by atoms with van der Waals surface area (Å²) in [4.78, 5) is 26.4. The molecule has 2 heterocycles. The third-order valence-electron chi connectivity index (χ3n) is 3.82. The second-order valence-electron chi connectivity index (χ2n) is 5.26. The fraction of sp³-hybridized carbons (Fsp3) is 0.167. The van der Waals surface area contributed by atoms with Gasteiger partial charge in [-0.3, -0.25) is 14.5 Å². The van der Waals surface area contributed by atoms with Crippen molar-refractivity contribution < 1.29 is 9.59 Å². The van der Waals surface area contributed by atoms with E-state index in [1.165, 1.54) is 4.90 Å². The quantitative estimate of drug-likeness (QED) is 0.799. The number of carbonyl (C=O) groups excluding carboxylic acids is 2. The summed E-state index contributed by atoms with van der Waals surface area (Å²) in [5, 5.41) is 8.84. The fourth-order valence-corrected chi connectivity index (χ4v) is 3.38. The van der Waals surface area contributed by atoms with Gasteiger partial charge in [0, 0.05) is 18.4 Å². The number of aryl methyl sites for hydroxylation is 1. The minimum Gasteiger partial charge on any atom is -0.348 e. The van der Waals surface area contributed by atoms with E-state index in [9.17, 15) is 9.59 Å². The maximum atomic E-state index is 12.6. The number of aromatic nitrogens is 1. The number of amides is 2. The van der Waals surface area contributed by atoms with Crippen LogP contribution in [-0.4, -0.2) is 20.6 Å². The van der Waals surface area contributed by atoms with E-state index in [-0.39, 0.29) is 17.7 Å². The van der Waals surface area contributed by atoms with E-state index in [4.69, 9.17) is 5.26 Å². The van der Waals surface area contributed by atoms with Crippen LogP contribution in [0.4, 0.5) is 4.79 Å². The summed E-state index contributed by atoms with van der Waals surface area (Å²) in [5.74, 6) is -0.318. The number of imide groups is 1. The van der Waals surface area contributed by atoms with Gasteiger partial charge in [-0.1, -0.05) is 18.2 Å². The third kappa shape index (κ3) is 2.99. The first-order chi connectivity index (χ1) is 11.6. The van der Waals surface area contributed by atoms with Gasteiger partial charge in [0.15, 0.2) is 0 Å². The molecule has 1 aliphatic rings. The van der Waals surface area contributed by atoms with Crippen LogP contribution in [0.15, 0.2) is 47.5 Å². The highest BCUT2D eigenvalue weighted by Crippen LogP contribution is 2.33. The molecule has 1 fully saturated rings. The number of hydrogen-bond donors (Lipinski definition) is 0. The third-order valence-corrected chi connectivity index (χ3v) is 4.73. The van der Waals surface area contributed by atoms with Crippen LogP contribution in [-0.2, 0) is 17.9 Å². The van der Waals surface area contributed by atoms with E-state index >= 15 is 0 Å². The molecule has 1 aliphatic heterocycles. The first-order valence-corrected chi connectivity index (χ1v) is 8.34. The van der Waals surface area contributed by atoms with Gasteiger partial charge in [-0.15, -0.1) is 0 Å². The maximum absolute atomic E-state index is 12.6. The van der Waals surface area contributed by atoms with Crippen molar-refractivity contribution in [3.63, 3.8) is 0 Å². The van der Waals surface area contributed by atoms with Gasteiger partial charge in [0.1, 0.15) is 0 Å². The van der Waals surface area contributed by atoms with E-state index < -0.39 is 0 Å². The van der Waals surface area contributed by atoms with E-state index in [0.29, 0.717) is 16.0 Å². The minimum absolute atomic E-state index is 0.112. The molecule has 0 atom stereocenters. The van der Waals surface area contributed by atoms with Gasteiger partial charge in [0.2, 0.25) is 0 Å². The topological polar surface area (TPSA) is 66.1 Å². The summed E-state index contributed by atoms with van der Waals surface area (Å²) in [6.07, 6.45) is 3.67. The standard InChI is InChI=1S/C18H15N3O2S/c1-2-20-9-5-8-15(20)10-16-17(22)21(18(23)24-16)12-14-7-4-3-6-13(14)11-19/h3-10H,2,12H2,1H3/b16-10+. The molecule has 2 amide bonds. The SMILES string of the molecule is CCn1cccc1/C=C1/SC(=O)N(Cc2ccccc2C#N)C1=O. The Labute approximate surface area is 144 Å². The lowest BCUT2D eigenvalue weighted by Crippen LogP contribution is -2.27. The van der Waals surface area contributed by atoms with Gasteiger partial charge in [0.25, 0.3) is 11.1 Å². The zero-order valence-electron chi connectivity index (χ0n) is 13.1. The number of rotatable bonds is 4. The zero-order valence-corrected chi connectivity index (χ0v) is 13.9. The molecule has 0 spiro atoms. The molecule has 120 valence electrons.